The lowest BCUT2D eigenvalue weighted by atomic mass is 10.2. The lowest BCUT2D eigenvalue weighted by Crippen LogP contribution is -2.28. The highest BCUT2D eigenvalue weighted by atomic mass is 35.5. The third-order valence-corrected chi connectivity index (χ3v) is 3.61. The average Bonchev–Trinajstić information content (AvgIpc) is 2.54. The third-order valence-electron chi connectivity index (χ3n) is 3.36. The number of fused-ring (bicyclic) bond motifs is 2. The van der Waals surface area contributed by atoms with Crippen molar-refractivity contribution in [1.29, 1.82) is 0 Å². The topological polar surface area (TPSA) is 93.5 Å². The molecule has 23 heavy (non-hydrogen) atoms. The molecule has 1 N–H and O–H groups in total. The molecule has 2 aliphatic heterocycles. The van der Waals surface area contributed by atoms with Gasteiger partial charge in [-0.2, -0.15) is 4.98 Å². The van der Waals surface area contributed by atoms with Gasteiger partial charge in [0.25, 0.3) is 5.56 Å². The molecule has 8 heteroatoms. The van der Waals surface area contributed by atoms with Gasteiger partial charge in [0.1, 0.15) is 5.52 Å². The van der Waals surface area contributed by atoms with Crippen LogP contribution < -0.4 is 11.2 Å². The molecule has 3 heterocycles. The Hall–Kier alpha value is -3.06. The summed E-state index contributed by atoms with van der Waals surface area (Å²) < 4.78 is 1.62. The van der Waals surface area contributed by atoms with E-state index in [-0.39, 0.29) is 11.5 Å². The first-order valence-electron chi connectivity index (χ1n) is 6.67. The van der Waals surface area contributed by atoms with Gasteiger partial charge in [-0.05, 0) is 36.4 Å². The molecule has 4 rings (SSSR count). The van der Waals surface area contributed by atoms with Crippen molar-refractivity contribution >= 4 is 22.8 Å². The van der Waals surface area contributed by atoms with E-state index in [1.54, 1.807) is 47.2 Å². The van der Waals surface area contributed by atoms with Gasteiger partial charge in [-0.15, -0.1) is 0 Å². The van der Waals surface area contributed by atoms with Crippen LogP contribution in [-0.4, -0.2) is 24.5 Å². The van der Waals surface area contributed by atoms with E-state index in [2.05, 4.69) is 19.9 Å². The van der Waals surface area contributed by atoms with E-state index in [9.17, 15) is 9.59 Å². The second kappa shape index (κ2) is 4.99. The molecular formula is C15H8ClN5O2. The third kappa shape index (κ3) is 2.18. The van der Waals surface area contributed by atoms with Crippen LogP contribution in [0.3, 0.4) is 0 Å². The number of aromatic nitrogens is 5. The second-order valence-corrected chi connectivity index (χ2v) is 5.25. The summed E-state index contributed by atoms with van der Waals surface area (Å²) in [6.07, 6.45) is 1.60. The fourth-order valence-corrected chi connectivity index (χ4v) is 2.52. The van der Waals surface area contributed by atoms with Gasteiger partial charge in [-0.1, -0.05) is 11.6 Å². The first-order valence-corrected chi connectivity index (χ1v) is 7.05. The van der Waals surface area contributed by atoms with Crippen LogP contribution in [0.2, 0.25) is 5.02 Å². The molecule has 0 aliphatic carbocycles. The monoisotopic (exact) mass is 325 g/mol. The molecule has 112 valence electrons. The molecule has 2 aliphatic rings. The Morgan fingerprint density at radius 1 is 1.04 bits per heavy atom. The highest BCUT2D eigenvalue weighted by Crippen LogP contribution is 2.24. The van der Waals surface area contributed by atoms with E-state index in [0.29, 0.717) is 21.9 Å². The Morgan fingerprint density at radius 2 is 1.83 bits per heavy atom. The first-order chi connectivity index (χ1) is 11.1. The zero-order chi connectivity index (χ0) is 16.0. The molecule has 0 atom stereocenters. The fourth-order valence-electron chi connectivity index (χ4n) is 2.40. The van der Waals surface area contributed by atoms with Gasteiger partial charge in [-0.3, -0.25) is 14.3 Å². The van der Waals surface area contributed by atoms with Crippen molar-refractivity contribution in [1.82, 2.24) is 24.5 Å². The van der Waals surface area contributed by atoms with E-state index in [1.165, 1.54) is 0 Å². The predicted molar refractivity (Wildman–Crippen MR) is 85.2 cm³/mol. The molecule has 1 aromatic heterocycles. The van der Waals surface area contributed by atoms with Gasteiger partial charge in [0.2, 0.25) is 0 Å². The van der Waals surface area contributed by atoms with Crippen molar-refractivity contribution in [2.45, 2.75) is 0 Å². The maximum atomic E-state index is 12.1. The number of aromatic amines is 1. The summed E-state index contributed by atoms with van der Waals surface area (Å²) >= 11 is 5.93. The second-order valence-electron chi connectivity index (χ2n) is 4.81. The van der Waals surface area contributed by atoms with Gasteiger partial charge < -0.3 is 0 Å². The summed E-state index contributed by atoms with van der Waals surface area (Å²) in [6, 6.07) is 10.4. The maximum Gasteiger partial charge on any atom is 0.349 e. The molecule has 0 saturated heterocycles. The van der Waals surface area contributed by atoms with E-state index in [1.807, 2.05) is 0 Å². The SMILES string of the molecule is O=c1nc2n(-c3ccc(Cl)cc3)c3ncccc3nc-2c(=O)[nH]1. The molecule has 7 nitrogen and oxygen atoms in total. The summed E-state index contributed by atoms with van der Waals surface area (Å²) in [4.78, 5) is 38.3. The Labute approximate surface area is 133 Å². The smallest absolute Gasteiger partial charge is 0.275 e. The summed E-state index contributed by atoms with van der Waals surface area (Å²) in [5.41, 5.74) is 0.416. The van der Waals surface area contributed by atoms with Gasteiger partial charge in [0.15, 0.2) is 17.2 Å². The van der Waals surface area contributed by atoms with Crippen LogP contribution in [0.5, 0.6) is 0 Å². The Balaban J connectivity index is 2.23. The largest absolute Gasteiger partial charge is 0.349 e. The van der Waals surface area contributed by atoms with Gasteiger partial charge >= 0.3 is 5.69 Å². The number of pyridine rings is 1. The van der Waals surface area contributed by atoms with E-state index >= 15 is 0 Å². The Morgan fingerprint density at radius 3 is 2.61 bits per heavy atom. The number of hydrogen-bond acceptors (Lipinski definition) is 5. The standard InChI is InChI=1S/C15H8ClN5O2/c16-8-3-5-9(6-4-8)21-12-10(2-1-7-17-12)18-11-13(21)19-15(23)20-14(11)22/h1-7H,(H,20,22,23). The van der Waals surface area contributed by atoms with Crippen LogP contribution in [0, 0.1) is 0 Å². The molecule has 0 radical (unpaired) electrons. The molecule has 0 amide bonds. The minimum absolute atomic E-state index is 0.0695. The van der Waals surface area contributed by atoms with Crippen molar-refractivity contribution in [3.05, 3.63) is 68.5 Å². The quantitative estimate of drug-likeness (QED) is 0.537. The fraction of sp³-hybridized carbons (Fsp3) is 0. The minimum Gasteiger partial charge on any atom is -0.275 e. The maximum absolute atomic E-state index is 12.1. The lowest BCUT2D eigenvalue weighted by molar-refractivity contribution is 0.927. The summed E-state index contributed by atoms with van der Waals surface area (Å²) in [5.74, 6) is 0.146. The van der Waals surface area contributed by atoms with Crippen LogP contribution in [0.15, 0.2) is 52.2 Å². The van der Waals surface area contributed by atoms with Crippen molar-refractivity contribution in [2.75, 3.05) is 0 Å². The highest BCUT2D eigenvalue weighted by Gasteiger charge is 2.20. The lowest BCUT2D eigenvalue weighted by Gasteiger charge is -2.15. The van der Waals surface area contributed by atoms with Gasteiger partial charge in [0, 0.05) is 16.9 Å². The predicted octanol–water partition coefficient (Wildman–Crippen LogP) is 1.62. The highest BCUT2D eigenvalue weighted by molar-refractivity contribution is 6.30. The van der Waals surface area contributed by atoms with Gasteiger partial charge in [0.05, 0.1) is 0 Å². The molecular weight excluding hydrogens is 318 g/mol. The van der Waals surface area contributed by atoms with Crippen LogP contribution in [0.25, 0.3) is 28.4 Å². The molecule has 0 unspecified atom stereocenters. The van der Waals surface area contributed by atoms with Crippen LogP contribution in [-0.2, 0) is 0 Å². The summed E-state index contributed by atoms with van der Waals surface area (Å²) in [6.45, 7) is 0. The zero-order valence-corrected chi connectivity index (χ0v) is 12.3. The van der Waals surface area contributed by atoms with Crippen molar-refractivity contribution in [3.8, 4) is 17.2 Å². The number of halogens is 1. The van der Waals surface area contributed by atoms with Crippen LogP contribution >= 0.6 is 11.6 Å². The zero-order valence-electron chi connectivity index (χ0n) is 11.5. The molecule has 0 fully saturated rings. The van der Waals surface area contributed by atoms with Crippen molar-refractivity contribution in [2.24, 2.45) is 0 Å². The van der Waals surface area contributed by atoms with E-state index in [4.69, 9.17) is 11.6 Å². The number of hydrogen-bond donors (Lipinski definition) is 1. The molecule has 0 spiro atoms. The van der Waals surface area contributed by atoms with E-state index in [0.717, 1.165) is 0 Å². The number of rotatable bonds is 1. The Bertz CT molecular complexity index is 1120. The van der Waals surface area contributed by atoms with Crippen molar-refractivity contribution < 1.29 is 0 Å². The first kappa shape index (κ1) is 13.6. The number of nitrogens with zero attached hydrogens (tertiary/aromatic N) is 4. The van der Waals surface area contributed by atoms with Crippen LogP contribution in [0.4, 0.5) is 0 Å². The summed E-state index contributed by atoms with van der Waals surface area (Å²) in [7, 11) is 0. The van der Waals surface area contributed by atoms with Crippen molar-refractivity contribution in [3.63, 3.8) is 0 Å². The molecule has 1 aromatic carbocycles. The number of H-pyrrole nitrogens is 1. The van der Waals surface area contributed by atoms with Crippen LogP contribution in [0.1, 0.15) is 0 Å². The summed E-state index contributed by atoms with van der Waals surface area (Å²) in [5, 5.41) is 0.570. The average molecular weight is 326 g/mol. The Kier molecular flexibility index (Phi) is 2.95. The number of nitrogens with one attached hydrogen (secondary N) is 1. The molecule has 0 bridgehead atoms. The van der Waals surface area contributed by atoms with Gasteiger partial charge in [-0.25, -0.2) is 14.8 Å². The van der Waals surface area contributed by atoms with E-state index < -0.39 is 11.2 Å². The normalized spacial score (nSPS) is 11.2. The minimum atomic E-state index is -0.734. The molecule has 2 aromatic rings. The molecule has 0 saturated carbocycles. The number of benzene rings is 1.